The van der Waals surface area contributed by atoms with Gasteiger partial charge in [-0.1, -0.05) is 13.8 Å². The van der Waals surface area contributed by atoms with E-state index in [1.807, 2.05) is 13.8 Å². The molecule has 25 heavy (non-hydrogen) atoms. The quantitative estimate of drug-likeness (QED) is 0.647. The van der Waals surface area contributed by atoms with Gasteiger partial charge in [-0.25, -0.2) is 13.2 Å². The first-order chi connectivity index (χ1) is 11.7. The molecule has 2 atom stereocenters. The lowest BCUT2D eigenvalue weighted by Crippen LogP contribution is -2.42. The van der Waals surface area contributed by atoms with Gasteiger partial charge in [-0.3, -0.25) is 4.79 Å². The minimum absolute atomic E-state index is 0.107. The zero-order valence-electron chi connectivity index (χ0n) is 14.7. The molecule has 138 valence electrons. The van der Waals surface area contributed by atoms with E-state index in [1.165, 1.54) is 28.6 Å². The number of ether oxygens (including phenoxy) is 1. The van der Waals surface area contributed by atoms with E-state index in [0.717, 1.165) is 6.42 Å². The molecule has 1 saturated heterocycles. The molecule has 1 aliphatic heterocycles. The molecule has 8 heteroatoms. The second-order valence-corrected chi connectivity index (χ2v) is 8.40. The lowest BCUT2D eigenvalue weighted by atomic mass is 9.94. The van der Waals surface area contributed by atoms with Gasteiger partial charge in [-0.05, 0) is 49.4 Å². The molecule has 0 radical (unpaired) electrons. The van der Waals surface area contributed by atoms with E-state index in [-0.39, 0.29) is 11.5 Å². The number of carbonyl (C=O) groups excluding carboxylic acids is 2. The summed E-state index contributed by atoms with van der Waals surface area (Å²) in [6.45, 7) is 6.82. The molecule has 7 nitrogen and oxygen atoms in total. The predicted molar refractivity (Wildman–Crippen MR) is 93.4 cm³/mol. The van der Waals surface area contributed by atoms with Crippen LogP contribution in [0, 0.1) is 11.8 Å². The molecule has 1 heterocycles. The number of hydrogen-bond donors (Lipinski definition) is 1. The number of rotatable bonds is 4. The summed E-state index contributed by atoms with van der Waals surface area (Å²) < 4.78 is 31.7. The average molecular weight is 368 g/mol. The zero-order chi connectivity index (χ0) is 18.6. The number of anilines is 1. The highest BCUT2D eigenvalue weighted by molar-refractivity contribution is 7.89. The van der Waals surface area contributed by atoms with Gasteiger partial charge in [-0.2, -0.15) is 4.31 Å². The lowest BCUT2D eigenvalue weighted by molar-refractivity contribution is -0.152. The SMILES string of the molecule is CCOC(=O)C(=O)Nc1ccc(S(=O)(=O)N2C[C@H](C)C[C@H](C)C2)cc1. The van der Waals surface area contributed by atoms with Gasteiger partial charge in [0.1, 0.15) is 0 Å². The van der Waals surface area contributed by atoms with Crippen molar-refractivity contribution < 1.29 is 22.7 Å². The predicted octanol–water partition coefficient (Wildman–Crippen LogP) is 1.85. The summed E-state index contributed by atoms with van der Waals surface area (Å²) in [5, 5.41) is 2.38. The summed E-state index contributed by atoms with van der Waals surface area (Å²) in [7, 11) is -3.57. The molecule has 1 fully saturated rings. The van der Waals surface area contributed by atoms with Crippen LogP contribution in [0.5, 0.6) is 0 Å². The summed E-state index contributed by atoms with van der Waals surface area (Å²) in [5.74, 6) is -1.23. The summed E-state index contributed by atoms with van der Waals surface area (Å²) in [6.07, 6.45) is 1.02. The normalized spacial score (nSPS) is 21.6. The largest absolute Gasteiger partial charge is 0.459 e. The van der Waals surface area contributed by atoms with Crippen LogP contribution in [0.15, 0.2) is 29.2 Å². The van der Waals surface area contributed by atoms with E-state index in [2.05, 4.69) is 10.1 Å². The van der Waals surface area contributed by atoms with Crippen LogP contribution in [0.4, 0.5) is 5.69 Å². The molecule has 0 unspecified atom stereocenters. The topological polar surface area (TPSA) is 92.8 Å². The molecule has 0 bridgehead atoms. The molecule has 0 aromatic heterocycles. The zero-order valence-corrected chi connectivity index (χ0v) is 15.5. The number of nitrogens with zero attached hydrogens (tertiary/aromatic N) is 1. The third-order valence-electron chi connectivity index (χ3n) is 4.05. The number of piperidine rings is 1. The Hall–Kier alpha value is -1.93. The Morgan fingerprint density at radius 2 is 1.72 bits per heavy atom. The van der Waals surface area contributed by atoms with Crippen molar-refractivity contribution in [2.75, 3.05) is 25.0 Å². The molecule has 0 spiro atoms. The van der Waals surface area contributed by atoms with E-state index < -0.39 is 21.9 Å². The first kappa shape index (κ1) is 19.4. The maximum atomic E-state index is 12.8. The lowest BCUT2D eigenvalue weighted by Gasteiger charge is -2.34. The molecule has 1 aliphatic rings. The van der Waals surface area contributed by atoms with Crippen molar-refractivity contribution in [2.45, 2.75) is 32.1 Å². The van der Waals surface area contributed by atoms with Gasteiger partial charge in [0.15, 0.2) is 0 Å². The van der Waals surface area contributed by atoms with Crippen LogP contribution in [-0.2, 0) is 24.3 Å². The van der Waals surface area contributed by atoms with Crippen molar-refractivity contribution in [3.05, 3.63) is 24.3 Å². The molecule has 1 aromatic rings. The summed E-state index contributed by atoms with van der Waals surface area (Å²) in [5.41, 5.74) is 0.331. The molecule has 2 rings (SSSR count). The summed E-state index contributed by atoms with van der Waals surface area (Å²) in [6, 6.07) is 5.78. The molecule has 1 N–H and O–H groups in total. The Balaban J connectivity index is 2.10. The number of nitrogens with one attached hydrogen (secondary N) is 1. The maximum absolute atomic E-state index is 12.8. The number of benzene rings is 1. The van der Waals surface area contributed by atoms with E-state index in [0.29, 0.717) is 30.6 Å². The molecule has 1 amide bonds. The monoisotopic (exact) mass is 368 g/mol. The Labute approximate surface area is 148 Å². The molecule has 1 aromatic carbocycles. The van der Waals surface area contributed by atoms with Gasteiger partial charge in [-0.15, -0.1) is 0 Å². The van der Waals surface area contributed by atoms with Gasteiger partial charge in [0.05, 0.1) is 11.5 Å². The first-order valence-corrected chi connectivity index (χ1v) is 9.76. The molecular weight excluding hydrogens is 344 g/mol. The number of sulfonamides is 1. The van der Waals surface area contributed by atoms with Crippen LogP contribution in [0.1, 0.15) is 27.2 Å². The van der Waals surface area contributed by atoms with Crippen LogP contribution >= 0.6 is 0 Å². The van der Waals surface area contributed by atoms with E-state index in [9.17, 15) is 18.0 Å². The Bertz CT molecular complexity index is 720. The highest BCUT2D eigenvalue weighted by Gasteiger charge is 2.31. The van der Waals surface area contributed by atoms with E-state index >= 15 is 0 Å². The Morgan fingerprint density at radius 3 is 2.24 bits per heavy atom. The first-order valence-electron chi connectivity index (χ1n) is 8.32. The summed E-state index contributed by atoms with van der Waals surface area (Å²) in [4.78, 5) is 23.1. The number of amides is 1. The highest BCUT2D eigenvalue weighted by Crippen LogP contribution is 2.27. The van der Waals surface area contributed by atoms with Crippen molar-refractivity contribution in [1.29, 1.82) is 0 Å². The van der Waals surface area contributed by atoms with Crippen LogP contribution in [0.2, 0.25) is 0 Å². The van der Waals surface area contributed by atoms with Crippen molar-refractivity contribution in [3.63, 3.8) is 0 Å². The van der Waals surface area contributed by atoms with Crippen LogP contribution in [-0.4, -0.2) is 44.3 Å². The number of hydrogen-bond acceptors (Lipinski definition) is 5. The number of carbonyl (C=O) groups is 2. The fourth-order valence-corrected chi connectivity index (χ4v) is 4.72. The Kier molecular flexibility index (Phi) is 6.18. The third kappa shape index (κ3) is 4.79. The average Bonchev–Trinajstić information content (AvgIpc) is 2.54. The van der Waals surface area contributed by atoms with Crippen molar-refractivity contribution in [2.24, 2.45) is 11.8 Å². The molecule has 0 saturated carbocycles. The maximum Gasteiger partial charge on any atom is 0.397 e. The van der Waals surface area contributed by atoms with Gasteiger partial charge in [0.25, 0.3) is 0 Å². The minimum atomic E-state index is -3.57. The fourth-order valence-electron chi connectivity index (χ4n) is 3.04. The number of esters is 1. The standard InChI is InChI=1S/C17H24N2O5S/c1-4-24-17(21)16(20)18-14-5-7-15(8-6-14)25(22,23)19-10-12(2)9-13(3)11-19/h5-8,12-13H,4,9-11H2,1-3H3,(H,18,20)/t12-,13+. The Morgan fingerprint density at radius 1 is 1.16 bits per heavy atom. The smallest absolute Gasteiger partial charge is 0.397 e. The molecule has 0 aliphatic carbocycles. The second-order valence-electron chi connectivity index (χ2n) is 6.47. The van der Waals surface area contributed by atoms with E-state index in [1.54, 1.807) is 6.92 Å². The van der Waals surface area contributed by atoms with Gasteiger partial charge >= 0.3 is 11.9 Å². The van der Waals surface area contributed by atoms with Gasteiger partial charge in [0, 0.05) is 18.8 Å². The van der Waals surface area contributed by atoms with Crippen molar-refractivity contribution in [1.82, 2.24) is 4.31 Å². The van der Waals surface area contributed by atoms with Crippen LogP contribution < -0.4 is 5.32 Å². The minimum Gasteiger partial charge on any atom is -0.459 e. The van der Waals surface area contributed by atoms with Crippen LogP contribution in [0.3, 0.4) is 0 Å². The fraction of sp³-hybridized carbons (Fsp3) is 0.529. The van der Waals surface area contributed by atoms with Gasteiger partial charge in [0.2, 0.25) is 10.0 Å². The highest BCUT2D eigenvalue weighted by atomic mass is 32.2. The van der Waals surface area contributed by atoms with Crippen molar-refractivity contribution >= 4 is 27.6 Å². The molecular formula is C17H24N2O5S. The van der Waals surface area contributed by atoms with Crippen molar-refractivity contribution in [3.8, 4) is 0 Å². The summed E-state index contributed by atoms with van der Waals surface area (Å²) >= 11 is 0. The van der Waals surface area contributed by atoms with Gasteiger partial charge < -0.3 is 10.1 Å². The second kappa shape index (κ2) is 7.97. The van der Waals surface area contributed by atoms with E-state index in [4.69, 9.17) is 0 Å². The van der Waals surface area contributed by atoms with Crippen LogP contribution in [0.25, 0.3) is 0 Å². The third-order valence-corrected chi connectivity index (χ3v) is 5.89.